The number of furan rings is 1. The molecule has 0 saturated heterocycles. The van der Waals surface area contributed by atoms with Crippen LogP contribution in [-0.2, 0) is 6.54 Å². The van der Waals surface area contributed by atoms with E-state index in [0.717, 1.165) is 18.4 Å². The van der Waals surface area contributed by atoms with E-state index in [2.05, 4.69) is 15.5 Å². The summed E-state index contributed by atoms with van der Waals surface area (Å²) < 4.78 is 5.11. The van der Waals surface area contributed by atoms with E-state index >= 15 is 0 Å². The van der Waals surface area contributed by atoms with Crippen molar-refractivity contribution >= 4 is 22.5 Å². The molecule has 0 atom stereocenters. The molecular formula is C14H18N4O2S. The highest BCUT2D eigenvalue weighted by Crippen LogP contribution is 2.25. The molecule has 112 valence electrons. The smallest absolute Gasteiger partial charge is 0.324 e. The minimum atomic E-state index is -0.111. The van der Waals surface area contributed by atoms with E-state index < -0.39 is 0 Å². The first-order valence-electron chi connectivity index (χ1n) is 7.18. The lowest BCUT2D eigenvalue weighted by molar-refractivity contribution is 0.162. The van der Waals surface area contributed by atoms with Crippen molar-refractivity contribution in [1.82, 2.24) is 15.1 Å². The van der Waals surface area contributed by atoms with Gasteiger partial charge in [-0.2, -0.15) is 0 Å². The third kappa shape index (κ3) is 3.60. The largest absolute Gasteiger partial charge is 0.472 e. The average Bonchev–Trinajstić information content (AvgIpc) is 3.19. The van der Waals surface area contributed by atoms with Crippen molar-refractivity contribution in [3.8, 4) is 0 Å². The Bertz CT molecular complexity index is 550. The Morgan fingerprint density at radius 3 is 2.95 bits per heavy atom. The zero-order chi connectivity index (χ0) is 14.5. The van der Waals surface area contributed by atoms with Crippen LogP contribution in [0.15, 0.2) is 28.5 Å². The van der Waals surface area contributed by atoms with Gasteiger partial charge in [0, 0.05) is 11.6 Å². The number of aromatic nitrogens is 2. The Morgan fingerprint density at radius 1 is 1.43 bits per heavy atom. The number of amides is 2. The molecule has 7 heteroatoms. The number of rotatable bonds is 4. The predicted octanol–water partition coefficient (Wildman–Crippen LogP) is 3.50. The summed E-state index contributed by atoms with van der Waals surface area (Å²) in [5.74, 6) is 0. The SMILES string of the molecule is O=C(Nc1nncs1)N(Cc1ccoc1)C1CCCCC1. The van der Waals surface area contributed by atoms with Crippen LogP contribution in [0.4, 0.5) is 9.93 Å². The zero-order valence-electron chi connectivity index (χ0n) is 11.7. The van der Waals surface area contributed by atoms with E-state index in [0.29, 0.717) is 11.7 Å². The molecule has 2 heterocycles. The van der Waals surface area contributed by atoms with Gasteiger partial charge in [0.1, 0.15) is 5.51 Å². The quantitative estimate of drug-likeness (QED) is 0.938. The monoisotopic (exact) mass is 306 g/mol. The van der Waals surface area contributed by atoms with Gasteiger partial charge in [0.05, 0.1) is 19.1 Å². The van der Waals surface area contributed by atoms with Gasteiger partial charge < -0.3 is 9.32 Å². The number of anilines is 1. The first-order chi connectivity index (χ1) is 10.3. The summed E-state index contributed by atoms with van der Waals surface area (Å²) in [5.41, 5.74) is 2.62. The minimum absolute atomic E-state index is 0.111. The van der Waals surface area contributed by atoms with E-state index in [1.165, 1.54) is 30.6 Å². The molecule has 0 bridgehead atoms. The van der Waals surface area contributed by atoms with E-state index in [-0.39, 0.29) is 12.1 Å². The number of hydrogen-bond donors (Lipinski definition) is 1. The molecule has 1 N–H and O–H groups in total. The first kappa shape index (κ1) is 14.1. The van der Waals surface area contributed by atoms with Crippen LogP contribution in [0.2, 0.25) is 0 Å². The standard InChI is InChI=1S/C14H18N4O2S/c19-14(16-13-17-15-10-21-13)18(8-11-6-7-20-9-11)12-4-2-1-3-5-12/h6-7,9-10,12H,1-5,8H2,(H,16,17,19). The molecule has 3 rings (SSSR count). The lowest BCUT2D eigenvalue weighted by Gasteiger charge is -2.33. The van der Waals surface area contributed by atoms with Crippen LogP contribution in [0.5, 0.6) is 0 Å². The molecule has 2 aromatic rings. The molecule has 2 amide bonds. The second-order valence-electron chi connectivity index (χ2n) is 5.23. The van der Waals surface area contributed by atoms with Gasteiger partial charge in [-0.25, -0.2) is 4.79 Å². The second-order valence-corrected chi connectivity index (χ2v) is 6.06. The lowest BCUT2D eigenvalue weighted by Crippen LogP contribution is -2.43. The molecule has 2 aromatic heterocycles. The van der Waals surface area contributed by atoms with Crippen molar-refractivity contribution in [3.05, 3.63) is 29.7 Å². The Kier molecular flexibility index (Phi) is 4.49. The third-order valence-electron chi connectivity index (χ3n) is 3.78. The number of nitrogens with one attached hydrogen (secondary N) is 1. The molecule has 0 radical (unpaired) electrons. The van der Waals surface area contributed by atoms with Crippen LogP contribution in [0.3, 0.4) is 0 Å². The Hall–Kier alpha value is -1.89. The average molecular weight is 306 g/mol. The highest BCUT2D eigenvalue weighted by Gasteiger charge is 2.26. The molecule has 0 aromatic carbocycles. The van der Waals surface area contributed by atoms with Gasteiger partial charge in [-0.15, -0.1) is 10.2 Å². The summed E-state index contributed by atoms with van der Waals surface area (Å²) in [5, 5.41) is 11.0. The maximum Gasteiger partial charge on any atom is 0.324 e. The molecule has 1 aliphatic carbocycles. The van der Waals surface area contributed by atoms with Crippen LogP contribution in [0.1, 0.15) is 37.7 Å². The maximum atomic E-state index is 12.6. The fourth-order valence-corrected chi connectivity index (χ4v) is 3.16. The fraction of sp³-hybridized carbons (Fsp3) is 0.500. The summed E-state index contributed by atoms with van der Waals surface area (Å²) in [6.07, 6.45) is 9.05. The van der Waals surface area contributed by atoms with Gasteiger partial charge in [-0.05, 0) is 18.9 Å². The topological polar surface area (TPSA) is 71.3 Å². The van der Waals surface area contributed by atoms with Crippen molar-refractivity contribution in [1.29, 1.82) is 0 Å². The van der Waals surface area contributed by atoms with Gasteiger partial charge in [0.15, 0.2) is 0 Å². The van der Waals surface area contributed by atoms with Crippen molar-refractivity contribution in [2.45, 2.75) is 44.7 Å². The number of urea groups is 1. The minimum Gasteiger partial charge on any atom is -0.472 e. The normalized spacial score (nSPS) is 15.8. The van der Waals surface area contributed by atoms with Gasteiger partial charge in [0.25, 0.3) is 0 Å². The number of hydrogen-bond acceptors (Lipinski definition) is 5. The van der Waals surface area contributed by atoms with Gasteiger partial charge in [0.2, 0.25) is 5.13 Å². The maximum absolute atomic E-state index is 12.6. The second kappa shape index (κ2) is 6.71. The number of carbonyl (C=O) groups excluding carboxylic acids is 1. The molecule has 0 aliphatic heterocycles. The molecule has 1 saturated carbocycles. The highest BCUT2D eigenvalue weighted by molar-refractivity contribution is 7.13. The summed E-state index contributed by atoms with van der Waals surface area (Å²) in [7, 11) is 0. The van der Waals surface area contributed by atoms with Gasteiger partial charge in [-0.3, -0.25) is 5.32 Å². The molecule has 1 aliphatic rings. The van der Waals surface area contributed by atoms with Crippen molar-refractivity contribution in [2.75, 3.05) is 5.32 Å². The van der Waals surface area contributed by atoms with Gasteiger partial charge in [-0.1, -0.05) is 30.6 Å². The summed E-state index contributed by atoms with van der Waals surface area (Å²) in [4.78, 5) is 14.5. The molecule has 0 spiro atoms. The predicted molar refractivity (Wildman–Crippen MR) is 80.1 cm³/mol. The van der Waals surface area contributed by atoms with E-state index in [4.69, 9.17) is 4.42 Å². The van der Waals surface area contributed by atoms with Crippen LogP contribution in [0.25, 0.3) is 0 Å². The Balaban J connectivity index is 1.72. The number of carbonyl (C=O) groups is 1. The first-order valence-corrected chi connectivity index (χ1v) is 8.06. The Labute approximate surface area is 127 Å². The van der Waals surface area contributed by atoms with E-state index in [1.54, 1.807) is 18.0 Å². The Morgan fingerprint density at radius 2 is 2.29 bits per heavy atom. The number of nitrogens with zero attached hydrogens (tertiary/aromatic N) is 3. The van der Waals surface area contributed by atoms with Crippen LogP contribution < -0.4 is 5.32 Å². The summed E-state index contributed by atoms with van der Waals surface area (Å²) in [6, 6.07) is 2.06. The zero-order valence-corrected chi connectivity index (χ0v) is 12.5. The molecule has 1 fully saturated rings. The van der Waals surface area contributed by atoms with E-state index in [9.17, 15) is 4.79 Å². The molecular weight excluding hydrogens is 288 g/mol. The molecule has 0 unspecified atom stereocenters. The van der Waals surface area contributed by atoms with Gasteiger partial charge >= 0.3 is 6.03 Å². The molecule has 6 nitrogen and oxygen atoms in total. The van der Waals surface area contributed by atoms with Crippen LogP contribution >= 0.6 is 11.3 Å². The summed E-state index contributed by atoms with van der Waals surface area (Å²) >= 11 is 1.32. The summed E-state index contributed by atoms with van der Waals surface area (Å²) in [6.45, 7) is 0.561. The third-order valence-corrected chi connectivity index (χ3v) is 4.39. The van der Waals surface area contributed by atoms with Crippen LogP contribution in [0, 0.1) is 0 Å². The fourth-order valence-electron chi connectivity index (χ4n) is 2.73. The highest BCUT2D eigenvalue weighted by atomic mass is 32.1. The van der Waals surface area contributed by atoms with Crippen molar-refractivity contribution < 1.29 is 9.21 Å². The van der Waals surface area contributed by atoms with Crippen molar-refractivity contribution in [3.63, 3.8) is 0 Å². The lowest BCUT2D eigenvalue weighted by atomic mass is 9.94. The van der Waals surface area contributed by atoms with Crippen molar-refractivity contribution in [2.24, 2.45) is 0 Å². The van der Waals surface area contributed by atoms with Crippen LogP contribution in [-0.4, -0.2) is 27.2 Å². The molecule has 21 heavy (non-hydrogen) atoms. The van der Waals surface area contributed by atoms with E-state index in [1.807, 2.05) is 11.0 Å².